The molecule has 0 fully saturated rings. The SMILES string of the molecule is CCNc1ccnc(CSCc2cccc(C)c2)c1. The molecule has 1 heterocycles. The Balaban J connectivity index is 1.87. The van der Waals surface area contributed by atoms with E-state index in [1.165, 1.54) is 11.1 Å². The Bertz CT molecular complexity index is 526. The largest absolute Gasteiger partial charge is 0.385 e. The molecular formula is C16H20N2S. The van der Waals surface area contributed by atoms with Crippen molar-refractivity contribution in [3.8, 4) is 0 Å². The van der Waals surface area contributed by atoms with Crippen molar-refractivity contribution in [3.05, 3.63) is 59.4 Å². The van der Waals surface area contributed by atoms with Crippen molar-refractivity contribution in [2.24, 2.45) is 0 Å². The van der Waals surface area contributed by atoms with Crippen molar-refractivity contribution < 1.29 is 0 Å². The molecule has 0 saturated carbocycles. The molecule has 100 valence electrons. The lowest BCUT2D eigenvalue weighted by atomic mass is 10.2. The van der Waals surface area contributed by atoms with Crippen LogP contribution in [0.2, 0.25) is 0 Å². The second-order valence-electron chi connectivity index (χ2n) is 4.55. The number of aromatic nitrogens is 1. The van der Waals surface area contributed by atoms with Crippen LogP contribution in [0, 0.1) is 6.92 Å². The van der Waals surface area contributed by atoms with Gasteiger partial charge in [-0.25, -0.2) is 0 Å². The summed E-state index contributed by atoms with van der Waals surface area (Å²) in [6.07, 6.45) is 1.88. The molecule has 0 aliphatic heterocycles. The molecule has 0 amide bonds. The first-order valence-corrected chi connectivity index (χ1v) is 7.75. The maximum atomic E-state index is 4.41. The minimum absolute atomic E-state index is 0.944. The third-order valence-electron chi connectivity index (χ3n) is 2.80. The van der Waals surface area contributed by atoms with E-state index in [1.807, 2.05) is 24.0 Å². The third-order valence-corrected chi connectivity index (χ3v) is 3.84. The average Bonchev–Trinajstić information content (AvgIpc) is 2.40. The first-order valence-electron chi connectivity index (χ1n) is 6.60. The van der Waals surface area contributed by atoms with E-state index in [0.717, 1.165) is 29.4 Å². The van der Waals surface area contributed by atoms with Crippen LogP contribution in [-0.4, -0.2) is 11.5 Å². The van der Waals surface area contributed by atoms with Gasteiger partial charge in [-0.1, -0.05) is 29.8 Å². The molecule has 2 rings (SSSR count). The van der Waals surface area contributed by atoms with E-state index < -0.39 is 0 Å². The molecule has 1 aromatic heterocycles. The van der Waals surface area contributed by atoms with E-state index in [2.05, 4.69) is 54.5 Å². The van der Waals surface area contributed by atoms with E-state index in [9.17, 15) is 0 Å². The van der Waals surface area contributed by atoms with Gasteiger partial charge in [0.05, 0.1) is 5.69 Å². The molecule has 2 nitrogen and oxygen atoms in total. The molecule has 0 saturated heterocycles. The zero-order valence-corrected chi connectivity index (χ0v) is 12.3. The highest BCUT2D eigenvalue weighted by molar-refractivity contribution is 7.97. The summed E-state index contributed by atoms with van der Waals surface area (Å²) in [5.41, 5.74) is 5.00. The lowest BCUT2D eigenvalue weighted by molar-refractivity contribution is 1.15. The number of nitrogens with one attached hydrogen (secondary N) is 1. The monoisotopic (exact) mass is 272 g/mol. The fraction of sp³-hybridized carbons (Fsp3) is 0.312. The molecule has 0 bridgehead atoms. The Labute approximate surface area is 119 Å². The minimum atomic E-state index is 0.944. The van der Waals surface area contributed by atoms with Crippen molar-refractivity contribution in [1.82, 2.24) is 4.98 Å². The standard InChI is InChI=1S/C16H20N2S/c1-3-17-15-7-8-18-16(10-15)12-19-11-14-6-4-5-13(2)9-14/h4-10H,3,11-12H2,1-2H3,(H,17,18). The number of hydrogen-bond acceptors (Lipinski definition) is 3. The van der Waals surface area contributed by atoms with Gasteiger partial charge in [0.2, 0.25) is 0 Å². The van der Waals surface area contributed by atoms with E-state index in [1.54, 1.807) is 0 Å². The summed E-state index contributed by atoms with van der Waals surface area (Å²) in [5, 5.41) is 3.31. The first kappa shape index (κ1) is 13.9. The number of pyridine rings is 1. The predicted molar refractivity (Wildman–Crippen MR) is 84.6 cm³/mol. The quantitative estimate of drug-likeness (QED) is 0.850. The van der Waals surface area contributed by atoms with Crippen LogP contribution in [0.3, 0.4) is 0 Å². The van der Waals surface area contributed by atoms with Crippen molar-refractivity contribution >= 4 is 17.4 Å². The van der Waals surface area contributed by atoms with Crippen LogP contribution < -0.4 is 5.32 Å². The van der Waals surface area contributed by atoms with Gasteiger partial charge < -0.3 is 5.32 Å². The predicted octanol–water partition coefficient (Wildman–Crippen LogP) is 4.26. The van der Waals surface area contributed by atoms with E-state index in [-0.39, 0.29) is 0 Å². The van der Waals surface area contributed by atoms with Crippen molar-refractivity contribution in [1.29, 1.82) is 0 Å². The lowest BCUT2D eigenvalue weighted by Crippen LogP contribution is -1.98. The average molecular weight is 272 g/mol. The Kier molecular flexibility index (Phi) is 5.28. The highest BCUT2D eigenvalue weighted by atomic mass is 32.2. The van der Waals surface area contributed by atoms with Gasteiger partial charge in [-0.05, 0) is 31.5 Å². The zero-order chi connectivity index (χ0) is 13.5. The van der Waals surface area contributed by atoms with Gasteiger partial charge >= 0.3 is 0 Å². The van der Waals surface area contributed by atoms with Crippen LogP contribution in [0.1, 0.15) is 23.7 Å². The van der Waals surface area contributed by atoms with Crippen LogP contribution in [0.25, 0.3) is 0 Å². The molecule has 0 spiro atoms. The molecule has 19 heavy (non-hydrogen) atoms. The lowest BCUT2D eigenvalue weighted by Gasteiger charge is -2.06. The molecule has 1 N–H and O–H groups in total. The van der Waals surface area contributed by atoms with Crippen molar-refractivity contribution in [2.75, 3.05) is 11.9 Å². The summed E-state index contributed by atoms with van der Waals surface area (Å²) in [7, 11) is 0. The maximum Gasteiger partial charge on any atom is 0.0523 e. The summed E-state index contributed by atoms with van der Waals surface area (Å²) in [6.45, 7) is 5.18. The second kappa shape index (κ2) is 7.19. The number of rotatable bonds is 6. The van der Waals surface area contributed by atoms with E-state index in [0.29, 0.717) is 0 Å². The molecule has 0 aliphatic carbocycles. The summed E-state index contributed by atoms with van der Waals surface area (Å²) >= 11 is 1.90. The zero-order valence-electron chi connectivity index (χ0n) is 11.5. The first-order chi connectivity index (χ1) is 9.28. The maximum absolute atomic E-state index is 4.41. The highest BCUT2D eigenvalue weighted by Crippen LogP contribution is 2.19. The molecular weight excluding hydrogens is 252 g/mol. The van der Waals surface area contributed by atoms with Gasteiger partial charge in [-0.15, -0.1) is 0 Å². The van der Waals surface area contributed by atoms with Crippen molar-refractivity contribution in [3.63, 3.8) is 0 Å². The number of benzene rings is 1. The van der Waals surface area contributed by atoms with Crippen LogP contribution in [0.4, 0.5) is 5.69 Å². The summed E-state index contributed by atoms with van der Waals surface area (Å²) in [5.74, 6) is 1.99. The number of anilines is 1. The normalized spacial score (nSPS) is 10.4. The van der Waals surface area contributed by atoms with Crippen LogP contribution in [-0.2, 0) is 11.5 Å². The topological polar surface area (TPSA) is 24.9 Å². The molecule has 1 aromatic carbocycles. The fourth-order valence-electron chi connectivity index (χ4n) is 1.95. The number of thioether (sulfide) groups is 1. The number of hydrogen-bond donors (Lipinski definition) is 1. The van der Waals surface area contributed by atoms with Gasteiger partial charge in [0.25, 0.3) is 0 Å². The molecule has 2 aromatic rings. The minimum Gasteiger partial charge on any atom is -0.385 e. The number of nitrogens with zero attached hydrogens (tertiary/aromatic N) is 1. The molecule has 0 aliphatic rings. The molecule has 0 atom stereocenters. The Morgan fingerprint density at radius 2 is 2.05 bits per heavy atom. The van der Waals surface area contributed by atoms with Gasteiger partial charge in [-0.3, -0.25) is 4.98 Å². The smallest absolute Gasteiger partial charge is 0.0523 e. The Morgan fingerprint density at radius 1 is 1.16 bits per heavy atom. The van der Waals surface area contributed by atoms with E-state index >= 15 is 0 Å². The van der Waals surface area contributed by atoms with Crippen molar-refractivity contribution in [2.45, 2.75) is 25.4 Å². The molecule has 3 heteroatoms. The van der Waals surface area contributed by atoms with Gasteiger partial charge in [0.1, 0.15) is 0 Å². The van der Waals surface area contributed by atoms with Crippen LogP contribution in [0.5, 0.6) is 0 Å². The summed E-state index contributed by atoms with van der Waals surface area (Å²) in [6, 6.07) is 12.8. The number of aryl methyl sites for hydroxylation is 1. The van der Waals surface area contributed by atoms with Gasteiger partial charge in [0.15, 0.2) is 0 Å². The van der Waals surface area contributed by atoms with Crippen LogP contribution >= 0.6 is 11.8 Å². The van der Waals surface area contributed by atoms with Crippen LogP contribution in [0.15, 0.2) is 42.6 Å². The van der Waals surface area contributed by atoms with Gasteiger partial charge in [-0.2, -0.15) is 11.8 Å². The molecule has 0 unspecified atom stereocenters. The Hall–Kier alpha value is -1.48. The molecule has 0 radical (unpaired) electrons. The fourth-order valence-corrected chi connectivity index (χ4v) is 2.83. The summed E-state index contributed by atoms with van der Waals surface area (Å²) in [4.78, 5) is 4.41. The van der Waals surface area contributed by atoms with E-state index in [4.69, 9.17) is 0 Å². The Morgan fingerprint density at radius 3 is 2.84 bits per heavy atom. The third kappa shape index (κ3) is 4.60. The second-order valence-corrected chi connectivity index (χ2v) is 5.53. The van der Waals surface area contributed by atoms with Gasteiger partial charge in [0, 0.05) is 29.9 Å². The highest BCUT2D eigenvalue weighted by Gasteiger charge is 1.99. The summed E-state index contributed by atoms with van der Waals surface area (Å²) < 4.78 is 0.